The van der Waals surface area contributed by atoms with Crippen LogP contribution < -0.4 is 5.32 Å². The molecule has 0 unspecified atom stereocenters. The Balaban J connectivity index is 1.66. The van der Waals surface area contributed by atoms with E-state index < -0.39 is 12.0 Å². The summed E-state index contributed by atoms with van der Waals surface area (Å²) < 4.78 is 7.25. The average Bonchev–Trinajstić information content (AvgIpc) is 3.06. The van der Waals surface area contributed by atoms with Crippen LogP contribution in [0.25, 0.3) is 5.69 Å². The fourth-order valence-electron chi connectivity index (χ4n) is 3.65. The maximum Gasteiger partial charge on any atom is 0.308 e. The van der Waals surface area contributed by atoms with Gasteiger partial charge in [-0.15, -0.1) is 0 Å². The zero-order valence-corrected chi connectivity index (χ0v) is 17.9. The standard InChI is InChI=1S/C25H26N2O4/c1-17-14-22(18(2)27(17)21-12-8-5-9-13-21)24(29)16-31-25(30)15-23(26-19(3)28)20-10-6-4-7-11-20/h4-14,23H,15-16H2,1-3H3,(H,26,28)/t23-/m0/s1. The molecule has 160 valence electrons. The fraction of sp³-hybridized carbons (Fsp3) is 0.240. The summed E-state index contributed by atoms with van der Waals surface area (Å²) >= 11 is 0. The molecule has 1 aromatic heterocycles. The van der Waals surface area contributed by atoms with Crippen molar-refractivity contribution in [1.29, 1.82) is 0 Å². The van der Waals surface area contributed by atoms with Crippen LogP contribution >= 0.6 is 0 Å². The molecule has 31 heavy (non-hydrogen) atoms. The smallest absolute Gasteiger partial charge is 0.308 e. The van der Waals surface area contributed by atoms with E-state index in [1.165, 1.54) is 6.92 Å². The molecule has 0 spiro atoms. The normalized spacial score (nSPS) is 11.6. The molecule has 0 fully saturated rings. The van der Waals surface area contributed by atoms with E-state index in [1.807, 2.05) is 85.1 Å². The van der Waals surface area contributed by atoms with Crippen molar-refractivity contribution in [2.24, 2.45) is 0 Å². The summed E-state index contributed by atoms with van der Waals surface area (Å²) in [4.78, 5) is 36.7. The minimum Gasteiger partial charge on any atom is -0.457 e. The van der Waals surface area contributed by atoms with Crippen molar-refractivity contribution in [3.63, 3.8) is 0 Å². The first-order chi connectivity index (χ1) is 14.9. The van der Waals surface area contributed by atoms with E-state index in [2.05, 4.69) is 5.32 Å². The van der Waals surface area contributed by atoms with Crippen LogP contribution in [0.1, 0.15) is 46.7 Å². The molecule has 0 aliphatic carbocycles. The third kappa shape index (κ3) is 5.48. The molecule has 1 amide bonds. The second-order valence-corrected chi connectivity index (χ2v) is 7.41. The molecule has 0 bridgehead atoms. The predicted octanol–water partition coefficient (Wildman–Crippen LogP) is 4.09. The van der Waals surface area contributed by atoms with Crippen LogP contribution in [0.4, 0.5) is 0 Å². The molecule has 6 heteroatoms. The van der Waals surface area contributed by atoms with Gasteiger partial charge in [0.15, 0.2) is 6.61 Å². The van der Waals surface area contributed by atoms with Crippen LogP contribution in [0.5, 0.6) is 0 Å². The number of aryl methyl sites for hydroxylation is 1. The number of esters is 1. The number of carbonyl (C=O) groups excluding carboxylic acids is 3. The molecule has 1 N–H and O–H groups in total. The zero-order chi connectivity index (χ0) is 22.4. The average molecular weight is 418 g/mol. The number of aromatic nitrogens is 1. The zero-order valence-electron chi connectivity index (χ0n) is 17.9. The summed E-state index contributed by atoms with van der Waals surface area (Å²) in [7, 11) is 0. The van der Waals surface area contributed by atoms with Gasteiger partial charge >= 0.3 is 5.97 Å². The van der Waals surface area contributed by atoms with Crippen molar-refractivity contribution in [2.75, 3.05) is 6.61 Å². The molecular formula is C25H26N2O4. The number of para-hydroxylation sites is 1. The van der Waals surface area contributed by atoms with Gasteiger partial charge < -0.3 is 14.6 Å². The van der Waals surface area contributed by atoms with Crippen LogP contribution in [0.3, 0.4) is 0 Å². The van der Waals surface area contributed by atoms with Crippen LogP contribution in [0.15, 0.2) is 66.7 Å². The Hall–Kier alpha value is -3.67. The molecule has 0 aliphatic heterocycles. The van der Waals surface area contributed by atoms with Gasteiger partial charge in [-0.2, -0.15) is 0 Å². The Morgan fingerprint density at radius 1 is 0.968 bits per heavy atom. The van der Waals surface area contributed by atoms with Crippen molar-refractivity contribution in [3.8, 4) is 5.69 Å². The van der Waals surface area contributed by atoms with Gasteiger partial charge in [-0.3, -0.25) is 14.4 Å². The Bertz CT molecular complexity index is 1070. The van der Waals surface area contributed by atoms with E-state index in [0.29, 0.717) is 5.56 Å². The quantitative estimate of drug-likeness (QED) is 0.442. The first-order valence-corrected chi connectivity index (χ1v) is 10.1. The monoisotopic (exact) mass is 418 g/mol. The number of hydrogen-bond donors (Lipinski definition) is 1. The molecule has 0 saturated heterocycles. The predicted molar refractivity (Wildman–Crippen MR) is 118 cm³/mol. The lowest BCUT2D eigenvalue weighted by molar-refractivity contribution is -0.143. The maximum atomic E-state index is 12.7. The van der Waals surface area contributed by atoms with Crippen LogP contribution in [0, 0.1) is 13.8 Å². The summed E-state index contributed by atoms with van der Waals surface area (Å²) in [5, 5.41) is 2.76. The lowest BCUT2D eigenvalue weighted by atomic mass is 10.0. The largest absolute Gasteiger partial charge is 0.457 e. The molecule has 1 atom stereocenters. The van der Waals surface area contributed by atoms with Gasteiger partial charge in [0, 0.05) is 29.6 Å². The third-order valence-electron chi connectivity index (χ3n) is 5.06. The lowest BCUT2D eigenvalue weighted by Crippen LogP contribution is -2.29. The fourth-order valence-corrected chi connectivity index (χ4v) is 3.65. The maximum absolute atomic E-state index is 12.7. The van der Waals surface area contributed by atoms with E-state index in [0.717, 1.165) is 22.6 Å². The van der Waals surface area contributed by atoms with Gasteiger partial charge in [-0.1, -0.05) is 48.5 Å². The van der Waals surface area contributed by atoms with Crippen molar-refractivity contribution >= 4 is 17.7 Å². The Kier molecular flexibility index (Phi) is 7.03. The molecule has 0 aliphatic rings. The van der Waals surface area contributed by atoms with Crippen LogP contribution in [0.2, 0.25) is 0 Å². The first kappa shape index (κ1) is 22.0. The third-order valence-corrected chi connectivity index (χ3v) is 5.06. The molecule has 3 aromatic rings. The summed E-state index contributed by atoms with van der Waals surface area (Å²) in [6.07, 6.45) is -0.0556. The number of ketones is 1. The van der Waals surface area contributed by atoms with Gasteiger partial charge in [0.25, 0.3) is 0 Å². The number of Topliss-reactive ketones (excluding diaryl/α,β-unsaturated/α-hetero) is 1. The molecule has 2 aromatic carbocycles. The van der Waals surface area contributed by atoms with Gasteiger partial charge in [0.05, 0.1) is 12.5 Å². The minimum atomic E-state index is -0.548. The second kappa shape index (κ2) is 9.89. The molecule has 1 heterocycles. The van der Waals surface area contributed by atoms with Crippen molar-refractivity contribution in [1.82, 2.24) is 9.88 Å². The van der Waals surface area contributed by atoms with Gasteiger partial charge in [-0.25, -0.2) is 0 Å². The molecule has 0 saturated carbocycles. The number of nitrogens with one attached hydrogen (secondary N) is 1. The van der Waals surface area contributed by atoms with Crippen LogP contribution in [-0.4, -0.2) is 28.8 Å². The minimum absolute atomic E-state index is 0.0556. The van der Waals surface area contributed by atoms with Crippen molar-refractivity contribution in [3.05, 3.63) is 89.2 Å². The van der Waals surface area contributed by atoms with E-state index in [1.54, 1.807) is 0 Å². The number of benzene rings is 2. The highest BCUT2D eigenvalue weighted by molar-refractivity contribution is 5.99. The SMILES string of the molecule is CC(=O)N[C@@H](CC(=O)OCC(=O)c1cc(C)n(-c2ccccc2)c1C)c1ccccc1. The molecule has 6 nitrogen and oxygen atoms in total. The lowest BCUT2D eigenvalue weighted by Gasteiger charge is -2.17. The summed E-state index contributed by atoms with van der Waals surface area (Å²) in [6, 6.07) is 20.3. The topological polar surface area (TPSA) is 77.4 Å². The second-order valence-electron chi connectivity index (χ2n) is 7.41. The van der Waals surface area contributed by atoms with Crippen molar-refractivity contribution < 1.29 is 19.1 Å². The van der Waals surface area contributed by atoms with Gasteiger partial charge in [-0.05, 0) is 37.6 Å². The first-order valence-electron chi connectivity index (χ1n) is 10.1. The number of carbonyl (C=O) groups is 3. The highest BCUT2D eigenvalue weighted by Gasteiger charge is 2.21. The van der Waals surface area contributed by atoms with Gasteiger partial charge in [0.2, 0.25) is 11.7 Å². The number of rotatable bonds is 8. The van der Waals surface area contributed by atoms with E-state index in [-0.39, 0.29) is 24.7 Å². The molecular weight excluding hydrogens is 392 g/mol. The summed E-state index contributed by atoms with van der Waals surface area (Å²) in [5.41, 5.74) is 4.01. The molecule has 0 radical (unpaired) electrons. The number of hydrogen-bond acceptors (Lipinski definition) is 4. The van der Waals surface area contributed by atoms with E-state index in [4.69, 9.17) is 4.74 Å². The Morgan fingerprint density at radius 3 is 2.19 bits per heavy atom. The van der Waals surface area contributed by atoms with Crippen LogP contribution in [-0.2, 0) is 14.3 Å². The van der Waals surface area contributed by atoms with Gasteiger partial charge in [0.1, 0.15) is 0 Å². The highest BCUT2D eigenvalue weighted by atomic mass is 16.5. The number of amides is 1. The highest BCUT2D eigenvalue weighted by Crippen LogP contribution is 2.22. The Morgan fingerprint density at radius 2 is 1.58 bits per heavy atom. The summed E-state index contributed by atoms with van der Waals surface area (Å²) in [5.74, 6) is -1.06. The Labute approximate surface area is 181 Å². The molecule has 3 rings (SSSR count). The van der Waals surface area contributed by atoms with Crippen molar-refractivity contribution in [2.45, 2.75) is 33.2 Å². The van der Waals surface area contributed by atoms with E-state index in [9.17, 15) is 14.4 Å². The number of ether oxygens (including phenoxy) is 1. The van der Waals surface area contributed by atoms with E-state index >= 15 is 0 Å². The number of nitrogens with zero attached hydrogens (tertiary/aromatic N) is 1. The summed E-state index contributed by atoms with van der Waals surface area (Å²) in [6.45, 7) is 4.85.